The molecule has 7 N–H and O–H groups in total. The number of primary amides is 1. The van der Waals surface area contributed by atoms with Crippen molar-refractivity contribution < 1.29 is 14.3 Å². The van der Waals surface area contributed by atoms with E-state index in [2.05, 4.69) is 4.99 Å². The number of ether oxygens (including phenoxy) is 2. The highest BCUT2D eigenvalue weighted by Crippen LogP contribution is 2.25. The number of carbonyl (C=O) groups excluding carboxylic acids is 1. The van der Waals surface area contributed by atoms with Gasteiger partial charge in [0.25, 0.3) is 5.91 Å². The number of amides is 1. The molecular weight excluding hydrogens is 410 g/mol. The van der Waals surface area contributed by atoms with Crippen LogP contribution >= 0.6 is 11.6 Å². The van der Waals surface area contributed by atoms with Crippen LogP contribution in [0.4, 0.5) is 5.69 Å². The number of hydrogen-bond acceptors (Lipinski definition) is 7. The van der Waals surface area contributed by atoms with Crippen LogP contribution in [0.2, 0.25) is 0 Å². The minimum absolute atomic E-state index is 0.0479. The first kappa shape index (κ1) is 23.5. The average molecular weight is 438 g/mol. The lowest BCUT2D eigenvalue weighted by atomic mass is 10.2. The maximum atomic E-state index is 11.7. The monoisotopic (exact) mass is 437 g/mol. The minimum Gasteiger partial charge on any atom is -0.491 e. The Bertz CT molecular complexity index is 826. The summed E-state index contributed by atoms with van der Waals surface area (Å²) in [4.78, 5) is 18.5. The number of halogens is 1. The molecule has 10 nitrogen and oxygen atoms in total. The number of hydrogen-bond donors (Lipinski definition) is 4. The van der Waals surface area contributed by atoms with Crippen LogP contribution in [-0.2, 0) is 9.53 Å². The first-order chi connectivity index (χ1) is 14.3. The molecule has 1 unspecified atom stereocenters. The van der Waals surface area contributed by atoms with E-state index in [1.807, 2.05) is 19.1 Å². The number of unbranched alkanes of at least 4 members (excludes halogenated alkanes) is 1. The van der Waals surface area contributed by atoms with Gasteiger partial charge in [-0.2, -0.15) is 0 Å². The van der Waals surface area contributed by atoms with Gasteiger partial charge in [0.05, 0.1) is 6.61 Å². The molecule has 30 heavy (non-hydrogen) atoms. The van der Waals surface area contributed by atoms with Crippen LogP contribution in [0.25, 0.3) is 0 Å². The zero-order valence-electron chi connectivity index (χ0n) is 17.1. The predicted octanol–water partition coefficient (Wildman–Crippen LogP) is 1.10. The van der Waals surface area contributed by atoms with Crippen LogP contribution in [0.3, 0.4) is 0 Å². The molecule has 1 aromatic carbocycles. The number of carbonyl (C=O) groups is 1. The van der Waals surface area contributed by atoms with E-state index in [9.17, 15) is 4.79 Å². The topological polar surface area (TPSA) is 156 Å². The molecule has 0 saturated carbocycles. The average Bonchev–Trinajstić information content (AvgIpc) is 2.72. The van der Waals surface area contributed by atoms with Crippen molar-refractivity contribution in [3.8, 4) is 5.75 Å². The zero-order chi connectivity index (χ0) is 22.3. The van der Waals surface area contributed by atoms with E-state index in [-0.39, 0.29) is 22.6 Å². The van der Waals surface area contributed by atoms with E-state index >= 15 is 0 Å². The van der Waals surface area contributed by atoms with Crippen molar-refractivity contribution in [1.29, 1.82) is 5.41 Å². The first-order valence-electron chi connectivity index (χ1n) is 9.48. The maximum absolute atomic E-state index is 11.7. The van der Waals surface area contributed by atoms with Crippen molar-refractivity contribution in [3.05, 3.63) is 35.8 Å². The molecule has 1 aliphatic rings. The molecule has 0 aliphatic carbocycles. The SMILES string of the molecule is CCCCN(C(=N)N1C(N)=C(C(N)=O)N=C(Cl)C1N)c1ccc(OCCOC)cc1. The zero-order valence-corrected chi connectivity index (χ0v) is 17.9. The van der Waals surface area contributed by atoms with E-state index in [4.69, 9.17) is 43.7 Å². The number of rotatable bonds is 9. The molecule has 0 aromatic heterocycles. The van der Waals surface area contributed by atoms with Gasteiger partial charge in [0.2, 0.25) is 5.96 Å². The van der Waals surface area contributed by atoms with Crippen LogP contribution in [0.5, 0.6) is 5.75 Å². The van der Waals surface area contributed by atoms with E-state index in [0.29, 0.717) is 25.5 Å². The van der Waals surface area contributed by atoms with Crippen LogP contribution in [0.1, 0.15) is 19.8 Å². The molecule has 0 spiro atoms. The van der Waals surface area contributed by atoms with Gasteiger partial charge in [0.15, 0.2) is 5.70 Å². The molecule has 0 bridgehead atoms. The second-order valence-corrected chi connectivity index (χ2v) is 6.90. The number of methoxy groups -OCH3 is 1. The molecule has 0 saturated heterocycles. The van der Waals surface area contributed by atoms with Gasteiger partial charge in [0.1, 0.15) is 29.5 Å². The van der Waals surface area contributed by atoms with Gasteiger partial charge in [-0.05, 0) is 30.7 Å². The molecule has 2 rings (SSSR count). The Morgan fingerprint density at radius 1 is 1.33 bits per heavy atom. The third kappa shape index (κ3) is 5.41. The third-order valence-electron chi connectivity index (χ3n) is 4.40. The molecule has 1 heterocycles. The largest absolute Gasteiger partial charge is 0.491 e. The fourth-order valence-corrected chi connectivity index (χ4v) is 2.98. The van der Waals surface area contributed by atoms with Crippen LogP contribution in [0.15, 0.2) is 40.8 Å². The van der Waals surface area contributed by atoms with E-state index in [1.165, 1.54) is 4.90 Å². The molecule has 1 aromatic rings. The van der Waals surface area contributed by atoms with Crippen molar-refractivity contribution >= 4 is 34.3 Å². The summed E-state index contributed by atoms with van der Waals surface area (Å²) < 4.78 is 10.6. The van der Waals surface area contributed by atoms with E-state index < -0.39 is 12.1 Å². The Kier molecular flexibility index (Phi) is 8.46. The Balaban J connectivity index is 2.33. The van der Waals surface area contributed by atoms with Gasteiger partial charge < -0.3 is 31.6 Å². The second kappa shape index (κ2) is 10.8. The summed E-state index contributed by atoms with van der Waals surface area (Å²) in [5.41, 5.74) is 18.0. The number of benzene rings is 1. The molecular formula is C19H28ClN7O3. The molecule has 11 heteroatoms. The summed E-state index contributed by atoms with van der Waals surface area (Å²) in [5, 5.41) is 8.69. The Morgan fingerprint density at radius 3 is 2.57 bits per heavy atom. The quantitative estimate of drug-likeness (QED) is 0.256. The second-order valence-electron chi connectivity index (χ2n) is 6.51. The summed E-state index contributed by atoms with van der Waals surface area (Å²) >= 11 is 6.09. The minimum atomic E-state index is -1.01. The highest BCUT2D eigenvalue weighted by Gasteiger charge is 2.34. The van der Waals surface area contributed by atoms with Crippen molar-refractivity contribution in [2.45, 2.75) is 25.9 Å². The number of nitrogens with two attached hydrogens (primary N) is 3. The molecule has 1 atom stereocenters. The van der Waals surface area contributed by atoms with Gasteiger partial charge in [-0.15, -0.1) is 0 Å². The third-order valence-corrected chi connectivity index (χ3v) is 4.71. The fraction of sp³-hybridized carbons (Fsp3) is 0.421. The molecule has 1 aliphatic heterocycles. The van der Waals surface area contributed by atoms with Gasteiger partial charge in [-0.3, -0.25) is 15.1 Å². The Morgan fingerprint density at radius 2 is 2.00 bits per heavy atom. The molecule has 1 amide bonds. The van der Waals surface area contributed by atoms with Crippen LogP contribution in [-0.4, -0.2) is 55.0 Å². The summed E-state index contributed by atoms with van der Waals surface area (Å²) in [6.07, 6.45) is 0.711. The number of nitrogens with one attached hydrogen (secondary N) is 1. The smallest absolute Gasteiger partial charge is 0.271 e. The van der Waals surface area contributed by atoms with Crippen molar-refractivity contribution in [2.24, 2.45) is 22.2 Å². The van der Waals surface area contributed by atoms with Crippen molar-refractivity contribution in [2.75, 3.05) is 31.8 Å². The predicted molar refractivity (Wildman–Crippen MR) is 117 cm³/mol. The van der Waals surface area contributed by atoms with Crippen LogP contribution < -0.4 is 26.8 Å². The number of nitrogens with zero attached hydrogens (tertiary/aromatic N) is 3. The lowest BCUT2D eigenvalue weighted by Gasteiger charge is -2.38. The Hall–Kier alpha value is -2.82. The van der Waals surface area contributed by atoms with E-state index in [0.717, 1.165) is 18.5 Å². The number of guanidine groups is 1. The van der Waals surface area contributed by atoms with Crippen LogP contribution in [0, 0.1) is 5.41 Å². The summed E-state index contributed by atoms with van der Waals surface area (Å²) in [5.74, 6) is -0.343. The lowest BCUT2D eigenvalue weighted by Crippen LogP contribution is -2.57. The molecule has 0 radical (unpaired) electrons. The summed E-state index contributed by atoms with van der Waals surface area (Å²) in [6, 6.07) is 7.25. The number of anilines is 1. The molecule has 0 fully saturated rings. The van der Waals surface area contributed by atoms with Gasteiger partial charge >= 0.3 is 0 Å². The lowest BCUT2D eigenvalue weighted by molar-refractivity contribution is -0.114. The van der Waals surface area contributed by atoms with Gasteiger partial charge in [-0.25, -0.2) is 4.99 Å². The normalized spacial score (nSPS) is 16.3. The standard InChI is InChI=1S/C19H28ClN7O3/c1-3-4-9-26(12-5-7-13(8-6-12)30-11-10-29-2)19(24)27-16(21)14(18(23)28)25-15(20)17(27)22/h5-8,17,24H,3-4,9-11,21-22H2,1-2H3,(H2,23,28). The fourth-order valence-electron chi connectivity index (χ4n) is 2.80. The highest BCUT2D eigenvalue weighted by atomic mass is 35.5. The van der Waals surface area contributed by atoms with E-state index in [1.54, 1.807) is 24.1 Å². The highest BCUT2D eigenvalue weighted by molar-refractivity contribution is 6.67. The van der Waals surface area contributed by atoms with Crippen molar-refractivity contribution in [1.82, 2.24) is 4.90 Å². The first-order valence-corrected chi connectivity index (χ1v) is 9.85. The molecule has 164 valence electrons. The summed E-state index contributed by atoms with van der Waals surface area (Å²) in [7, 11) is 1.61. The van der Waals surface area contributed by atoms with Gasteiger partial charge in [0, 0.05) is 19.3 Å². The summed E-state index contributed by atoms with van der Waals surface area (Å²) in [6.45, 7) is 3.49. The maximum Gasteiger partial charge on any atom is 0.271 e. The Labute approximate surface area is 180 Å². The van der Waals surface area contributed by atoms with Crippen molar-refractivity contribution in [3.63, 3.8) is 0 Å². The van der Waals surface area contributed by atoms with Gasteiger partial charge in [-0.1, -0.05) is 24.9 Å². The number of aliphatic imine (C=N–C) groups is 1.